The van der Waals surface area contributed by atoms with Crippen molar-refractivity contribution >= 4 is 12.0 Å². The van der Waals surface area contributed by atoms with Crippen molar-refractivity contribution in [2.45, 2.75) is 31.2 Å². The molecule has 1 aromatic carbocycles. The first kappa shape index (κ1) is 14.2. The van der Waals surface area contributed by atoms with E-state index in [0.29, 0.717) is 12.8 Å². The lowest BCUT2D eigenvalue weighted by Crippen LogP contribution is -2.44. The number of hydrogen-bond donors (Lipinski definition) is 1. The third kappa shape index (κ3) is 3.02. The summed E-state index contributed by atoms with van der Waals surface area (Å²) in [4.78, 5) is 11.8. The molecule has 2 rings (SSSR count). The highest BCUT2D eigenvalue weighted by atomic mass is 19.1. The van der Waals surface area contributed by atoms with Crippen LogP contribution in [-0.4, -0.2) is 11.4 Å². The number of amides is 1. The van der Waals surface area contributed by atoms with Gasteiger partial charge in [-0.05, 0) is 43.9 Å². The number of nitriles is 1. The van der Waals surface area contributed by atoms with Gasteiger partial charge in [-0.1, -0.05) is 6.07 Å². The van der Waals surface area contributed by atoms with Gasteiger partial charge in [0.25, 0.3) is 0 Å². The topological polar surface area (TPSA) is 52.9 Å². The fraction of sp³-hybridized carbons (Fsp3) is 0.333. The van der Waals surface area contributed by atoms with Crippen LogP contribution in [0.4, 0.5) is 8.78 Å². The fourth-order valence-electron chi connectivity index (χ4n) is 2.35. The number of nitrogens with one attached hydrogen (secondary N) is 1. The van der Waals surface area contributed by atoms with Crippen molar-refractivity contribution < 1.29 is 13.6 Å². The van der Waals surface area contributed by atoms with Crippen LogP contribution in [0.15, 0.2) is 24.3 Å². The van der Waals surface area contributed by atoms with E-state index < -0.39 is 23.1 Å². The third-order valence-corrected chi connectivity index (χ3v) is 3.43. The molecule has 20 heavy (non-hydrogen) atoms. The van der Waals surface area contributed by atoms with E-state index in [1.165, 1.54) is 6.07 Å². The van der Waals surface area contributed by atoms with Crippen molar-refractivity contribution in [2.75, 3.05) is 0 Å². The third-order valence-electron chi connectivity index (χ3n) is 3.43. The van der Waals surface area contributed by atoms with Gasteiger partial charge in [0, 0.05) is 11.6 Å². The lowest BCUT2D eigenvalue weighted by Gasteiger charge is -2.20. The van der Waals surface area contributed by atoms with E-state index >= 15 is 0 Å². The minimum atomic E-state index is -0.838. The van der Waals surface area contributed by atoms with Crippen molar-refractivity contribution in [3.63, 3.8) is 0 Å². The number of nitrogens with zero attached hydrogens (tertiary/aromatic N) is 1. The normalized spacial score (nSPS) is 17.1. The zero-order valence-electron chi connectivity index (χ0n) is 10.8. The summed E-state index contributed by atoms with van der Waals surface area (Å²) < 4.78 is 26.7. The van der Waals surface area contributed by atoms with E-state index in [1.807, 2.05) is 0 Å². The van der Waals surface area contributed by atoms with Gasteiger partial charge in [0.15, 0.2) is 0 Å². The van der Waals surface area contributed by atoms with Gasteiger partial charge in [-0.3, -0.25) is 4.79 Å². The predicted octanol–water partition coefficient (Wildman–Crippen LogP) is 2.93. The van der Waals surface area contributed by atoms with Gasteiger partial charge in [0.2, 0.25) is 5.91 Å². The van der Waals surface area contributed by atoms with Crippen LogP contribution in [0.25, 0.3) is 6.08 Å². The van der Waals surface area contributed by atoms with Crippen LogP contribution >= 0.6 is 0 Å². The summed E-state index contributed by atoms with van der Waals surface area (Å²) in [5, 5.41) is 11.7. The van der Waals surface area contributed by atoms with Crippen molar-refractivity contribution in [3.8, 4) is 6.07 Å². The number of carbonyl (C=O) groups excluding carboxylic acids is 1. The molecule has 1 aromatic rings. The van der Waals surface area contributed by atoms with E-state index in [9.17, 15) is 13.6 Å². The summed E-state index contributed by atoms with van der Waals surface area (Å²) in [6.07, 6.45) is 5.13. The summed E-state index contributed by atoms with van der Waals surface area (Å²) in [5.41, 5.74) is -1.10. The maximum absolute atomic E-state index is 13.4. The van der Waals surface area contributed by atoms with Crippen LogP contribution in [0.3, 0.4) is 0 Å². The van der Waals surface area contributed by atoms with Gasteiger partial charge in [-0.25, -0.2) is 8.78 Å². The Morgan fingerprint density at radius 2 is 1.90 bits per heavy atom. The molecular weight excluding hydrogens is 262 g/mol. The summed E-state index contributed by atoms with van der Waals surface area (Å²) >= 11 is 0. The standard InChI is InChI=1S/C15H14F2N2O/c16-12-4-3-5-13(17)11(12)6-7-14(20)19-15(10-18)8-1-2-9-15/h3-7H,1-2,8-9H2,(H,19,20)/b7-6-. The summed E-state index contributed by atoms with van der Waals surface area (Å²) in [6, 6.07) is 5.61. The van der Waals surface area contributed by atoms with Crippen LogP contribution in [0.1, 0.15) is 31.2 Å². The van der Waals surface area contributed by atoms with Gasteiger partial charge in [0.1, 0.15) is 17.2 Å². The predicted molar refractivity (Wildman–Crippen MR) is 70.3 cm³/mol. The highest BCUT2D eigenvalue weighted by molar-refractivity contribution is 5.92. The molecule has 0 heterocycles. The summed E-state index contributed by atoms with van der Waals surface area (Å²) in [6.45, 7) is 0. The first-order valence-electron chi connectivity index (χ1n) is 6.42. The Bertz CT molecular complexity index is 564. The Morgan fingerprint density at radius 3 is 2.45 bits per heavy atom. The molecule has 1 aliphatic carbocycles. The smallest absolute Gasteiger partial charge is 0.245 e. The highest BCUT2D eigenvalue weighted by Gasteiger charge is 2.34. The van der Waals surface area contributed by atoms with Gasteiger partial charge in [-0.15, -0.1) is 0 Å². The van der Waals surface area contributed by atoms with Crippen molar-refractivity contribution in [3.05, 3.63) is 41.5 Å². The summed E-state index contributed by atoms with van der Waals surface area (Å²) in [5.74, 6) is -1.98. The minimum Gasteiger partial charge on any atom is -0.334 e. The van der Waals surface area contributed by atoms with Crippen LogP contribution in [0, 0.1) is 23.0 Å². The van der Waals surface area contributed by atoms with Gasteiger partial charge >= 0.3 is 0 Å². The minimum absolute atomic E-state index is 0.264. The number of benzene rings is 1. The van der Waals surface area contributed by atoms with E-state index in [2.05, 4.69) is 11.4 Å². The Balaban J connectivity index is 2.08. The Morgan fingerprint density at radius 1 is 1.30 bits per heavy atom. The van der Waals surface area contributed by atoms with E-state index in [1.54, 1.807) is 0 Å². The van der Waals surface area contributed by atoms with Gasteiger partial charge in [0.05, 0.1) is 6.07 Å². The lowest BCUT2D eigenvalue weighted by molar-refractivity contribution is -0.117. The summed E-state index contributed by atoms with van der Waals surface area (Å²) in [7, 11) is 0. The van der Waals surface area contributed by atoms with E-state index in [4.69, 9.17) is 5.26 Å². The monoisotopic (exact) mass is 276 g/mol. The molecule has 0 atom stereocenters. The molecule has 1 aliphatic rings. The molecule has 104 valence electrons. The Labute approximate surface area is 115 Å². The molecule has 0 unspecified atom stereocenters. The SMILES string of the molecule is N#CC1(NC(=O)/C=C\c2c(F)cccc2F)CCCC1. The van der Waals surface area contributed by atoms with Crippen molar-refractivity contribution in [2.24, 2.45) is 0 Å². The number of hydrogen-bond acceptors (Lipinski definition) is 2. The Kier molecular flexibility index (Phi) is 4.14. The average Bonchev–Trinajstić information content (AvgIpc) is 2.87. The first-order valence-corrected chi connectivity index (χ1v) is 6.42. The largest absolute Gasteiger partial charge is 0.334 e. The average molecular weight is 276 g/mol. The molecule has 0 saturated heterocycles. The van der Waals surface area contributed by atoms with Crippen molar-refractivity contribution in [1.29, 1.82) is 5.26 Å². The first-order chi connectivity index (χ1) is 9.56. The second-order valence-electron chi connectivity index (χ2n) is 4.86. The fourth-order valence-corrected chi connectivity index (χ4v) is 2.35. The second-order valence-corrected chi connectivity index (χ2v) is 4.86. The van der Waals surface area contributed by atoms with Crippen LogP contribution < -0.4 is 5.32 Å². The molecular formula is C15H14F2N2O. The molecule has 0 bridgehead atoms. The van der Waals surface area contributed by atoms with Gasteiger partial charge in [-0.2, -0.15) is 5.26 Å². The molecule has 0 spiro atoms. The van der Waals surface area contributed by atoms with Crippen molar-refractivity contribution in [1.82, 2.24) is 5.32 Å². The molecule has 5 heteroatoms. The second kappa shape index (κ2) is 5.83. The molecule has 1 saturated carbocycles. The number of carbonyl (C=O) groups is 1. The maximum atomic E-state index is 13.4. The van der Waals surface area contributed by atoms with E-state index in [0.717, 1.165) is 37.1 Å². The maximum Gasteiger partial charge on any atom is 0.245 e. The Hall–Kier alpha value is -2.22. The van der Waals surface area contributed by atoms with Crippen LogP contribution in [0.5, 0.6) is 0 Å². The lowest BCUT2D eigenvalue weighted by atomic mass is 10.00. The quantitative estimate of drug-likeness (QED) is 0.863. The molecule has 1 N–H and O–H groups in total. The zero-order chi connectivity index (χ0) is 14.6. The molecule has 0 aromatic heterocycles. The van der Waals surface area contributed by atoms with E-state index in [-0.39, 0.29) is 5.56 Å². The zero-order valence-corrected chi connectivity index (χ0v) is 10.8. The van der Waals surface area contributed by atoms with Crippen LogP contribution in [-0.2, 0) is 4.79 Å². The number of halogens is 2. The molecule has 1 amide bonds. The molecule has 1 fully saturated rings. The highest BCUT2D eigenvalue weighted by Crippen LogP contribution is 2.28. The number of rotatable bonds is 3. The van der Waals surface area contributed by atoms with Crippen LogP contribution in [0.2, 0.25) is 0 Å². The van der Waals surface area contributed by atoms with Gasteiger partial charge < -0.3 is 5.32 Å². The molecule has 0 radical (unpaired) electrons. The molecule has 3 nitrogen and oxygen atoms in total. The molecule has 0 aliphatic heterocycles.